The van der Waals surface area contributed by atoms with Crippen LogP contribution in [0.2, 0.25) is 0 Å². The van der Waals surface area contributed by atoms with Crippen molar-refractivity contribution in [3.8, 4) is 0 Å². The second-order valence-electron chi connectivity index (χ2n) is 5.11. The van der Waals surface area contributed by atoms with E-state index in [0.717, 1.165) is 16.4 Å². The first-order valence-electron chi connectivity index (χ1n) is 6.03. The smallest absolute Gasteiger partial charge is 0.244 e. The summed E-state index contributed by atoms with van der Waals surface area (Å²) >= 11 is 0. The predicted octanol–water partition coefficient (Wildman–Crippen LogP) is 0.307. The Hall–Kier alpha value is -1.67. The van der Waals surface area contributed by atoms with Crippen LogP contribution in [-0.2, 0) is 14.8 Å². The monoisotopic (exact) mass is 301 g/mol. The molecule has 1 amide bonds. The predicted molar refractivity (Wildman–Crippen MR) is 71.8 cm³/mol. The van der Waals surface area contributed by atoms with Crippen molar-refractivity contribution in [2.24, 2.45) is 0 Å². The van der Waals surface area contributed by atoms with E-state index in [-0.39, 0.29) is 23.7 Å². The number of amides is 1. The van der Waals surface area contributed by atoms with Gasteiger partial charge in [0.2, 0.25) is 15.9 Å². The highest BCUT2D eigenvalue weighted by Gasteiger charge is 2.44. The fraction of sp³-hybridized carbons (Fsp3) is 0.417. The van der Waals surface area contributed by atoms with Crippen LogP contribution in [0, 0.1) is 5.82 Å². The number of sulfonamides is 1. The summed E-state index contributed by atoms with van der Waals surface area (Å²) in [6, 6.07) is 3.11. The molecule has 8 heteroatoms. The molecule has 20 heavy (non-hydrogen) atoms. The summed E-state index contributed by atoms with van der Waals surface area (Å²) < 4.78 is 39.6. The quantitative estimate of drug-likeness (QED) is 0.769. The summed E-state index contributed by atoms with van der Waals surface area (Å²) in [6.45, 7) is 3.34. The molecule has 0 spiro atoms. The van der Waals surface area contributed by atoms with Crippen molar-refractivity contribution in [1.29, 1.82) is 0 Å². The summed E-state index contributed by atoms with van der Waals surface area (Å²) in [4.78, 5) is 11.6. The fourth-order valence-electron chi connectivity index (χ4n) is 2.16. The average Bonchev–Trinajstić information content (AvgIpc) is 2.31. The molecule has 2 rings (SSSR count). The van der Waals surface area contributed by atoms with Crippen molar-refractivity contribution in [3.05, 3.63) is 24.0 Å². The van der Waals surface area contributed by atoms with Crippen molar-refractivity contribution in [2.75, 3.05) is 18.8 Å². The van der Waals surface area contributed by atoms with E-state index in [4.69, 9.17) is 5.73 Å². The number of carbonyl (C=O) groups excluding carboxylic acids is 1. The van der Waals surface area contributed by atoms with Crippen LogP contribution in [0.15, 0.2) is 23.1 Å². The van der Waals surface area contributed by atoms with E-state index in [2.05, 4.69) is 5.32 Å². The number of nitrogen functional groups attached to an aromatic ring is 1. The van der Waals surface area contributed by atoms with Crippen LogP contribution in [-0.4, -0.2) is 37.3 Å². The number of nitrogens with two attached hydrogens (primary N) is 1. The number of hydrogen-bond donors (Lipinski definition) is 2. The maximum Gasteiger partial charge on any atom is 0.244 e. The summed E-state index contributed by atoms with van der Waals surface area (Å²) in [5, 5.41) is 2.60. The topological polar surface area (TPSA) is 92.5 Å². The Labute approximate surface area is 116 Å². The molecule has 0 aliphatic carbocycles. The minimum absolute atomic E-state index is 0.0165. The van der Waals surface area contributed by atoms with Gasteiger partial charge < -0.3 is 11.1 Å². The van der Waals surface area contributed by atoms with E-state index >= 15 is 0 Å². The molecule has 0 unspecified atom stereocenters. The molecule has 1 aliphatic heterocycles. The van der Waals surface area contributed by atoms with Gasteiger partial charge >= 0.3 is 0 Å². The summed E-state index contributed by atoms with van der Waals surface area (Å²) in [5.74, 6) is -1.13. The van der Waals surface area contributed by atoms with Crippen molar-refractivity contribution in [2.45, 2.75) is 24.3 Å². The SMILES string of the molecule is CC1(C)C(=O)NCCN1S(=O)(=O)c1cc(N)cc(F)c1. The molecule has 1 aromatic carbocycles. The van der Waals surface area contributed by atoms with Crippen LogP contribution in [0.3, 0.4) is 0 Å². The van der Waals surface area contributed by atoms with Gasteiger partial charge in [0.1, 0.15) is 11.4 Å². The van der Waals surface area contributed by atoms with Gasteiger partial charge in [-0.1, -0.05) is 0 Å². The summed E-state index contributed by atoms with van der Waals surface area (Å²) in [7, 11) is -4.00. The summed E-state index contributed by atoms with van der Waals surface area (Å²) in [5.41, 5.74) is 4.26. The number of hydrogen-bond acceptors (Lipinski definition) is 4. The number of nitrogens with zero attached hydrogens (tertiary/aromatic N) is 1. The highest BCUT2D eigenvalue weighted by atomic mass is 32.2. The number of rotatable bonds is 2. The maximum atomic E-state index is 13.4. The Bertz CT molecular complexity index is 638. The van der Waals surface area contributed by atoms with E-state index in [1.165, 1.54) is 19.9 Å². The highest BCUT2D eigenvalue weighted by molar-refractivity contribution is 7.89. The lowest BCUT2D eigenvalue weighted by molar-refractivity contribution is -0.131. The van der Waals surface area contributed by atoms with E-state index in [9.17, 15) is 17.6 Å². The third kappa shape index (κ3) is 2.36. The van der Waals surface area contributed by atoms with Crippen LogP contribution >= 0.6 is 0 Å². The Morgan fingerprint density at radius 3 is 2.60 bits per heavy atom. The number of carbonyl (C=O) groups is 1. The van der Waals surface area contributed by atoms with Gasteiger partial charge in [0.15, 0.2) is 0 Å². The highest BCUT2D eigenvalue weighted by Crippen LogP contribution is 2.28. The molecule has 0 saturated carbocycles. The number of benzene rings is 1. The maximum absolute atomic E-state index is 13.4. The molecule has 1 aromatic rings. The average molecular weight is 301 g/mol. The minimum Gasteiger partial charge on any atom is -0.399 e. The number of anilines is 1. The second kappa shape index (κ2) is 4.71. The van der Waals surface area contributed by atoms with Crippen molar-refractivity contribution >= 4 is 21.6 Å². The lowest BCUT2D eigenvalue weighted by Gasteiger charge is -2.39. The molecule has 110 valence electrons. The van der Waals surface area contributed by atoms with Crippen molar-refractivity contribution < 1.29 is 17.6 Å². The van der Waals surface area contributed by atoms with Crippen LogP contribution < -0.4 is 11.1 Å². The van der Waals surface area contributed by atoms with Gasteiger partial charge in [-0.3, -0.25) is 4.79 Å². The van der Waals surface area contributed by atoms with Crippen LogP contribution in [0.25, 0.3) is 0 Å². The normalized spacial score (nSPS) is 19.6. The van der Waals surface area contributed by atoms with Gasteiger partial charge in [-0.15, -0.1) is 0 Å². The molecule has 1 saturated heterocycles. The first kappa shape index (κ1) is 14.7. The molecule has 0 radical (unpaired) electrons. The number of nitrogens with one attached hydrogen (secondary N) is 1. The standard InChI is InChI=1S/C12H16FN3O3S/c1-12(2)11(17)15-3-4-16(12)20(18,19)10-6-8(13)5-9(14)7-10/h5-7H,3-4,14H2,1-2H3,(H,15,17). The van der Waals surface area contributed by atoms with E-state index in [1.54, 1.807) is 0 Å². The zero-order valence-electron chi connectivity index (χ0n) is 11.2. The van der Waals surface area contributed by atoms with Gasteiger partial charge in [-0.25, -0.2) is 12.8 Å². The fourth-order valence-corrected chi connectivity index (χ4v) is 3.98. The van der Waals surface area contributed by atoms with Gasteiger partial charge in [-0.05, 0) is 32.0 Å². The molecule has 1 heterocycles. The molecule has 6 nitrogen and oxygen atoms in total. The van der Waals surface area contributed by atoms with Crippen LogP contribution in [0.5, 0.6) is 0 Å². The minimum atomic E-state index is -4.00. The molecule has 1 aliphatic rings. The van der Waals surface area contributed by atoms with Gasteiger partial charge in [0.05, 0.1) is 4.90 Å². The molecule has 3 N–H and O–H groups in total. The second-order valence-corrected chi connectivity index (χ2v) is 6.97. The van der Waals surface area contributed by atoms with E-state index in [1.807, 2.05) is 0 Å². The lowest BCUT2D eigenvalue weighted by atomic mass is 10.0. The van der Waals surface area contributed by atoms with Gasteiger partial charge in [-0.2, -0.15) is 4.31 Å². The first-order chi connectivity index (χ1) is 9.15. The zero-order chi connectivity index (χ0) is 15.1. The Morgan fingerprint density at radius 2 is 2.00 bits per heavy atom. The number of halogens is 1. The molecule has 1 fully saturated rings. The third-order valence-electron chi connectivity index (χ3n) is 3.26. The van der Waals surface area contributed by atoms with Crippen molar-refractivity contribution in [1.82, 2.24) is 9.62 Å². The molecule has 0 atom stereocenters. The van der Waals surface area contributed by atoms with Crippen LogP contribution in [0.1, 0.15) is 13.8 Å². The zero-order valence-corrected chi connectivity index (χ0v) is 12.0. The molecule has 0 aromatic heterocycles. The summed E-state index contributed by atoms with van der Waals surface area (Å²) in [6.07, 6.45) is 0. The third-order valence-corrected chi connectivity index (χ3v) is 5.31. The Balaban J connectivity index is 2.51. The van der Waals surface area contributed by atoms with E-state index < -0.39 is 27.3 Å². The van der Waals surface area contributed by atoms with Crippen LogP contribution in [0.4, 0.5) is 10.1 Å². The van der Waals surface area contributed by atoms with Gasteiger partial charge in [0, 0.05) is 18.8 Å². The molecular formula is C12H16FN3O3S. The largest absolute Gasteiger partial charge is 0.399 e. The first-order valence-corrected chi connectivity index (χ1v) is 7.47. The number of piperazine rings is 1. The van der Waals surface area contributed by atoms with Crippen molar-refractivity contribution in [3.63, 3.8) is 0 Å². The molecular weight excluding hydrogens is 285 g/mol. The Kier molecular flexibility index (Phi) is 3.47. The van der Waals surface area contributed by atoms with Gasteiger partial charge in [0.25, 0.3) is 0 Å². The lowest BCUT2D eigenvalue weighted by Crippen LogP contribution is -2.63. The van der Waals surface area contributed by atoms with E-state index in [0.29, 0.717) is 0 Å². The molecule has 0 bridgehead atoms. The Morgan fingerprint density at radius 1 is 1.35 bits per heavy atom.